The maximum absolute atomic E-state index is 12.1. The van der Waals surface area contributed by atoms with Crippen molar-refractivity contribution in [3.63, 3.8) is 0 Å². The van der Waals surface area contributed by atoms with E-state index in [4.69, 9.17) is 4.74 Å². The molecule has 1 N–H and O–H groups in total. The quantitative estimate of drug-likeness (QED) is 0.857. The van der Waals surface area contributed by atoms with Crippen LogP contribution in [0.2, 0.25) is 0 Å². The van der Waals surface area contributed by atoms with Gasteiger partial charge in [-0.15, -0.1) is 0 Å². The summed E-state index contributed by atoms with van der Waals surface area (Å²) in [7, 11) is 0. The highest BCUT2D eigenvalue weighted by Crippen LogP contribution is 2.18. The number of anilines is 1. The number of ether oxygens (including phenoxy) is 1. The third kappa shape index (κ3) is 3.92. The van der Waals surface area contributed by atoms with Crippen molar-refractivity contribution in [2.24, 2.45) is 0 Å². The van der Waals surface area contributed by atoms with Crippen molar-refractivity contribution >= 4 is 17.9 Å². The number of nitrogens with one attached hydrogen (secondary N) is 1. The van der Waals surface area contributed by atoms with Crippen LogP contribution in [-0.2, 0) is 4.79 Å². The second-order valence-electron chi connectivity index (χ2n) is 4.77. The van der Waals surface area contributed by atoms with E-state index in [1.807, 2.05) is 31.2 Å². The zero-order chi connectivity index (χ0) is 15.2. The lowest BCUT2D eigenvalue weighted by atomic mass is 10.2. The van der Waals surface area contributed by atoms with Gasteiger partial charge in [-0.05, 0) is 38.1 Å². The van der Waals surface area contributed by atoms with Gasteiger partial charge in [0.2, 0.25) is 0 Å². The van der Waals surface area contributed by atoms with Crippen LogP contribution < -0.4 is 10.1 Å². The zero-order valence-corrected chi connectivity index (χ0v) is 12.0. The molecule has 0 aliphatic heterocycles. The highest BCUT2D eigenvalue weighted by atomic mass is 16.5. The van der Waals surface area contributed by atoms with Crippen LogP contribution in [0.4, 0.5) is 5.69 Å². The van der Waals surface area contributed by atoms with Crippen molar-refractivity contribution in [1.82, 2.24) is 0 Å². The van der Waals surface area contributed by atoms with Gasteiger partial charge in [0, 0.05) is 5.69 Å². The Kier molecular flexibility index (Phi) is 4.72. The molecule has 2 aromatic rings. The third-order valence-electron chi connectivity index (χ3n) is 3.04. The molecule has 1 amide bonds. The normalized spacial score (nSPS) is 11.5. The van der Waals surface area contributed by atoms with E-state index in [0.29, 0.717) is 23.3 Å². The molecule has 0 aliphatic carbocycles. The maximum atomic E-state index is 12.1. The van der Waals surface area contributed by atoms with Crippen molar-refractivity contribution < 1.29 is 14.3 Å². The molecule has 0 aromatic heterocycles. The van der Waals surface area contributed by atoms with E-state index in [-0.39, 0.29) is 5.91 Å². The van der Waals surface area contributed by atoms with Crippen LogP contribution in [0.5, 0.6) is 5.75 Å². The van der Waals surface area contributed by atoms with Gasteiger partial charge in [-0.3, -0.25) is 9.59 Å². The summed E-state index contributed by atoms with van der Waals surface area (Å²) in [6.07, 6.45) is 0.00679. The summed E-state index contributed by atoms with van der Waals surface area (Å²) in [5.41, 5.74) is 2.26. The smallest absolute Gasteiger partial charge is 0.265 e. The van der Waals surface area contributed by atoms with Crippen LogP contribution in [-0.4, -0.2) is 18.3 Å². The largest absolute Gasteiger partial charge is 0.480 e. The molecule has 0 saturated carbocycles. The van der Waals surface area contributed by atoms with Crippen molar-refractivity contribution in [3.05, 3.63) is 59.7 Å². The Hall–Kier alpha value is -2.62. The number of hydrogen-bond donors (Lipinski definition) is 1. The number of para-hydroxylation sites is 1. The van der Waals surface area contributed by atoms with Gasteiger partial charge in [-0.2, -0.15) is 0 Å². The first kappa shape index (κ1) is 14.8. The van der Waals surface area contributed by atoms with E-state index in [2.05, 4.69) is 5.32 Å². The van der Waals surface area contributed by atoms with Crippen LogP contribution in [0.15, 0.2) is 48.5 Å². The Labute approximate surface area is 123 Å². The van der Waals surface area contributed by atoms with Gasteiger partial charge < -0.3 is 10.1 Å². The second-order valence-corrected chi connectivity index (χ2v) is 4.77. The fourth-order valence-corrected chi connectivity index (χ4v) is 1.81. The molecule has 1 atom stereocenters. The first-order chi connectivity index (χ1) is 10.1. The van der Waals surface area contributed by atoms with Crippen LogP contribution in [0.25, 0.3) is 0 Å². The molecule has 4 heteroatoms. The molecule has 0 saturated heterocycles. The molecular formula is C17H17NO3. The van der Waals surface area contributed by atoms with E-state index < -0.39 is 6.10 Å². The SMILES string of the molecule is Cc1ccc(NC(=O)[C@@H](C)Oc2ccccc2C=O)cc1. The molecule has 21 heavy (non-hydrogen) atoms. The fourth-order valence-electron chi connectivity index (χ4n) is 1.81. The first-order valence-electron chi connectivity index (χ1n) is 6.68. The molecule has 2 rings (SSSR count). The minimum absolute atomic E-state index is 0.264. The maximum Gasteiger partial charge on any atom is 0.265 e. The number of aryl methyl sites for hydroxylation is 1. The molecule has 0 heterocycles. The lowest BCUT2D eigenvalue weighted by Crippen LogP contribution is -2.30. The third-order valence-corrected chi connectivity index (χ3v) is 3.04. The molecule has 0 aliphatic rings. The van der Waals surface area contributed by atoms with Crippen LogP contribution in [0.3, 0.4) is 0 Å². The second kappa shape index (κ2) is 6.70. The summed E-state index contributed by atoms with van der Waals surface area (Å²) in [6.45, 7) is 3.62. The van der Waals surface area contributed by atoms with Gasteiger partial charge in [0.05, 0.1) is 5.56 Å². The van der Waals surface area contributed by atoms with Gasteiger partial charge in [0.25, 0.3) is 5.91 Å². The summed E-state index contributed by atoms with van der Waals surface area (Å²) in [4.78, 5) is 23.0. The van der Waals surface area contributed by atoms with E-state index in [1.54, 1.807) is 31.2 Å². The van der Waals surface area contributed by atoms with Crippen molar-refractivity contribution in [2.75, 3.05) is 5.32 Å². The lowest BCUT2D eigenvalue weighted by molar-refractivity contribution is -0.122. The fraction of sp³-hybridized carbons (Fsp3) is 0.176. The van der Waals surface area contributed by atoms with Crippen molar-refractivity contribution in [1.29, 1.82) is 0 Å². The van der Waals surface area contributed by atoms with Gasteiger partial charge >= 0.3 is 0 Å². The molecule has 108 valence electrons. The Morgan fingerprint density at radius 2 is 1.81 bits per heavy atom. The van der Waals surface area contributed by atoms with Crippen molar-refractivity contribution in [3.8, 4) is 5.75 Å². The average molecular weight is 283 g/mol. The monoisotopic (exact) mass is 283 g/mol. The summed E-state index contributed by atoms with van der Waals surface area (Å²) >= 11 is 0. The number of rotatable bonds is 5. The molecular weight excluding hydrogens is 266 g/mol. The van der Waals surface area contributed by atoms with E-state index in [1.165, 1.54) is 0 Å². The number of aldehydes is 1. The molecule has 0 unspecified atom stereocenters. The van der Waals surface area contributed by atoms with E-state index >= 15 is 0 Å². The predicted molar refractivity (Wildman–Crippen MR) is 81.7 cm³/mol. The molecule has 0 bridgehead atoms. The lowest BCUT2D eigenvalue weighted by Gasteiger charge is -2.15. The van der Waals surface area contributed by atoms with Crippen LogP contribution in [0, 0.1) is 6.92 Å². The Bertz CT molecular complexity index is 635. The van der Waals surface area contributed by atoms with Crippen molar-refractivity contribution in [2.45, 2.75) is 20.0 Å². The molecule has 4 nitrogen and oxygen atoms in total. The Morgan fingerprint density at radius 1 is 1.14 bits per heavy atom. The first-order valence-corrected chi connectivity index (χ1v) is 6.68. The number of carbonyl (C=O) groups excluding carboxylic acids is 2. The highest BCUT2D eigenvalue weighted by Gasteiger charge is 2.16. The number of benzene rings is 2. The van der Waals surface area contributed by atoms with Gasteiger partial charge in [0.1, 0.15) is 5.75 Å². The van der Waals surface area contributed by atoms with Gasteiger partial charge in [-0.1, -0.05) is 29.8 Å². The minimum Gasteiger partial charge on any atom is -0.480 e. The predicted octanol–water partition coefficient (Wildman–Crippen LogP) is 3.21. The summed E-state index contributed by atoms with van der Waals surface area (Å²) in [5, 5.41) is 2.77. The topological polar surface area (TPSA) is 55.4 Å². The Balaban J connectivity index is 2.02. The van der Waals surface area contributed by atoms with Crippen LogP contribution in [0.1, 0.15) is 22.8 Å². The standard InChI is InChI=1S/C17H17NO3/c1-12-7-9-15(10-8-12)18-17(20)13(2)21-16-6-4-3-5-14(16)11-19/h3-11,13H,1-2H3,(H,18,20)/t13-/m1/s1. The molecule has 0 radical (unpaired) electrons. The highest BCUT2D eigenvalue weighted by molar-refractivity contribution is 5.94. The molecule has 2 aromatic carbocycles. The van der Waals surface area contributed by atoms with Gasteiger partial charge in [0.15, 0.2) is 12.4 Å². The van der Waals surface area contributed by atoms with E-state index in [9.17, 15) is 9.59 Å². The minimum atomic E-state index is -0.701. The molecule has 0 fully saturated rings. The Morgan fingerprint density at radius 3 is 2.48 bits per heavy atom. The summed E-state index contributed by atoms with van der Waals surface area (Å²) in [6, 6.07) is 14.3. The molecule has 0 spiro atoms. The summed E-state index contributed by atoms with van der Waals surface area (Å²) in [5.74, 6) is 0.138. The zero-order valence-electron chi connectivity index (χ0n) is 12.0. The number of hydrogen-bond acceptors (Lipinski definition) is 3. The van der Waals surface area contributed by atoms with Gasteiger partial charge in [-0.25, -0.2) is 0 Å². The average Bonchev–Trinajstić information content (AvgIpc) is 2.50. The number of amides is 1. The van der Waals surface area contributed by atoms with E-state index in [0.717, 1.165) is 5.56 Å². The number of carbonyl (C=O) groups is 2. The van der Waals surface area contributed by atoms with Crippen LogP contribution >= 0.6 is 0 Å². The summed E-state index contributed by atoms with van der Waals surface area (Å²) < 4.78 is 5.55.